The first-order valence-corrected chi connectivity index (χ1v) is 7.03. The lowest BCUT2D eigenvalue weighted by Gasteiger charge is -2.12. The summed E-state index contributed by atoms with van der Waals surface area (Å²) in [5, 5.41) is 9.06. The standard InChI is InChI=1S/C18H15N3O2/c1-22-16-7-6-15(11-17(16)23-2)21-9-8-20-18(21)14-5-3-4-13(10-14)12-19/h3-11H,1-2H3. The molecule has 5 nitrogen and oxygen atoms in total. The number of imidazole rings is 1. The summed E-state index contributed by atoms with van der Waals surface area (Å²) < 4.78 is 12.6. The van der Waals surface area contributed by atoms with Gasteiger partial charge in [-0.15, -0.1) is 0 Å². The van der Waals surface area contributed by atoms with Gasteiger partial charge < -0.3 is 9.47 Å². The van der Waals surface area contributed by atoms with Crippen molar-refractivity contribution in [3.8, 4) is 34.6 Å². The van der Waals surface area contributed by atoms with Crippen LogP contribution in [0.25, 0.3) is 17.1 Å². The van der Waals surface area contributed by atoms with Crippen molar-refractivity contribution in [2.45, 2.75) is 0 Å². The first kappa shape index (κ1) is 14.7. The molecule has 0 spiro atoms. The molecule has 0 N–H and O–H groups in total. The molecule has 0 aliphatic carbocycles. The molecule has 2 aromatic carbocycles. The van der Waals surface area contributed by atoms with Crippen LogP contribution in [0.4, 0.5) is 0 Å². The van der Waals surface area contributed by atoms with E-state index in [2.05, 4.69) is 11.1 Å². The van der Waals surface area contributed by atoms with E-state index in [-0.39, 0.29) is 0 Å². The zero-order valence-electron chi connectivity index (χ0n) is 12.9. The maximum Gasteiger partial charge on any atom is 0.162 e. The lowest BCUT2D eigenvalue weighted by molar-refractivity contribution is 0.355. The third-order valence-electron chi connectivity index (χ3n) is 3.54. The second-order valence-electron chi connectivity index (χ2n) is 4.85. The second kappa shape index (κ2) is 6.24. The highest BCUT2D eigenvalue weighted by Gasteiger charge is 2.11. The van der Waals surface area contributed by atoms with E-state index in [1.807, 2.05) is 47.2 Å². The van der Waals surface area contributed by atoms with Crippen LogP contribution in [0.3, 0.4) is 0 Å². The van der Waals surface area contributed by atoms with Crippen LogP contribution >= 0.6 is 0 Å². The van der Waals surface area contributed by atoms with Gasteiger partial charge in [-0.2, -0.15) is 5.26 Å². The van der Waals surface area contributed by atoms with Crippen molar-refractivity contribution in [2.24, 2.45) is 0 Å². The predicted octanol–water partition coefficient (Wildman–Crippen LogP) is 3.43. The van der Waals surface area contributed by atoms with Crippen molar-refractivity contribution < 1.29 is 9.47 Å². The molecular weight excluding hydrogens is 290 g/mol. The van der Waals surface area contributed by atoms with Crippen LogP contribution in [0, 0.1) is 11.3 Å². The number of methoxy groups -OCH3 is 2. The predicted molar refractivity (Wildman–Crippen MR) is 86.8 cm³/mol. The lowest BCUT2D eigenvalue weighted by Crippen LogP contribution is -1.98. The Balaban J connectivity index is 2.09. The molecule has 0 bridgehead atoms. The van der Waals surface area contributed by atoms with Crippen LogP contribution in [0.2, 0.25) is 0 Å². The molecule has 0 unspecified atom stereocenters. The van der Waals surface area contributed by atoms with E-state index in [9.17, 15) is 0 Å². The summed E-state index contributed by atoms with van der Waals surface area (Å²) in [6.07, 6.45) is 3.60. The van der Waals surface area contributed by atoms with Gasteiger partial charge in [0, 0.05) is 24.0 Å². The number of hydrogen-bond donors (Lipinski definition) is 0. The Morgan fingerprint density at radius 3 is 2.61 bits per heavy atom. The fourth-order valence-corrected chi connectivity index (χ4v) is 2.43. The Bertz CT molecular complexity index is 878. The van der Waals surface area contributed by atoms with E-state index in [0.29, 0.717) is 17.1 Å². The number of nitriles is 1. The summed E-state index contributed by atoms with van der Waals surface area (Å²) in [5.41, 5.74) is 2.38. The molecule has 1 heterocycles. The maximum atomic E-state index is 9.06. The third-order valence-corrected chi connectivity index (χ3v) is 3.54. The molecular formula is C18H15N3O2. The average molecular weight is 305 g/mol. The fourth-order valence-electron chi connectivity index (χ4n) is 2.43. The summed E-state index contributed by atoms with van der Waals surface area (Å²) in [6.45, 7) is 0. The monoisotopic (exact) mass is 305 g/mol. The molecule has 1 aromatic heterocycles. The molecule has 0 saturated heterocycles. The first-order valence-electron chi connectivity index (χ1n) is 7.03. The molecule has 0 fully saturated rings. The topological polar surface area (TPSA) is 60.1 Å². The summed E-state index contributed by atoms with van der Waals surface area (Å²) in [7, 11) is 3.21. The summed E-state index contributed by atoms with van der Waals surface area (Å²) in [4.78, 5) is 4.42. The average Bonchev–Trinajstić information content (AvgIpc) is 3.10. The van der Waals surface area contributed by atoms with Crippen LogP contribution in [-0.4, -0.2) is 23.8 Å². The van der Waals surface area contributed by atoms with Crippen LogP contribution in [0.1, 0.15) is 5.56 Å². The number of benzene rings is 2. The van der Waals surface area contributed by atoms with Crippen LogP contribution in [0.5, 0.6) is 11.5 Å². The molecule has 0 saturated carbocycles. The van der Waals surface area contributed by atoms with Gasteiger partial charge in [0.2, 0.25) is 0 Å². The van der Waals surface area contributed by atoms with Crippen molar-refractivity contribution in [3.63, 3.8) is 0 Å². The summed E-state index contributed by atoms with van der Waals surface area (Å²) in [6, 6.07) is 15.2. The largest absolute Gasteiger partial charge is 0.493 e. The highest BCUT2D eigenvalue weighted by atomic mass is 16.5. The third kappa shape index (κ3) is 2.74. The van der Waals surface area contributed by atoms with E-state index in [1.165, 1.54) is 0 Å². The zero-order valence-corrected chi connectivity index (χ0v) is 12.9. The molecule has 0 radical (unpaired) electrons. The van der Waals surface area contributed by atoms with E-state index in [0.717, 1.165) is 17.1 Å². The number of nitrogens with zero attached hydrogens (tertiary/aromatic N) is 3. The van der Waals surface area contributed by atoms with Crippen LogP contribution in [0.15, 0.2) is 54.9 Å². The van der Waals surface area contributed by atoms with Gasteiger partial charge >= 0.3 is 0 Å². The van der Waals surface area contributed by atoms with Gasteiger partial charge in [0.15, 0.2) is 11.5 Å². The van der Waals surface area contributed by atoms with E-state index >= 15 is 0 Å². The highest BCUT2D eigenvalue weighted by Crippen LogP contribution is 2.31. The van der Waals surface area contributed by atoms with Crippen LogP contribution < -0.4 is 9.47 Å². The first-order chi connectivity index (χ1) is 11.3. The maximum absolute atomic E-state index is 9.06. The highest BCUT2D eigenvalue weighted by molar-refractivity contribution is 5.62. The number of ether oxygens (including phenoxy) is 2. The van der Waals surface area contributed by atoms with Gasteiger partial charge in [-0.25, -0.2) is 4.98 Å². The van der Waals surface area contributed by atoms with Gasteiger partial charge in [0.05, 0.1) is 31.5 Å². The minimum absolute atomic E-state index is 0.601. The number of hydrogen-bond acceptors (Lipinski definition) is 4. The lowest BCUT2D eigenvalue weighted by atomic mass is 10.1. The van der Waals surface area contributed by atoms with Gasteiger partial charge in [-0.1, -0.05) is 12.1 Å². The van der Waals surface area contributed by atoms with Crippen LogP contribution in [-0.2, 0) is 0 Å². The molecule has 3 aromatic rings. The van der Waals surface area contributed by atoms with Gasteiger partial charge in [0.1, 0.15) is 5.82 Å². The normalized spacial score (nSPS) is 10.1. The van der Waals surface area contributed by atoms with Gasteiger partial charge in [-0.3, -0.25) is 4.57 Å². The smallest absolute Gasteiger partial charge is 0.162 e. The quantitative estimate of drug-likeness (QED) is 0.741. The SMILES string of the molecule is COc1ccc(-n2ccnc2-c2cccc(C#N)c2)cc1OC. The Morgan fingerprint density at radius 2 is 1.87 bits per heavy atom. The molecule has 3 rings (SSSR count). The van der Waals surface area contributed by atoms with Crippen molar-refractivity contribution in [2.75, 3.05) is 14.2 Å². The van der Waals surface area contributed by atoms with Gasteiger partial charge in [-0.05, 0) is 24.3 Å². The Morgan fingerprint density at radius 1 is 1.04 bits per heavy atom. The Labute approximate surface area is 134 Å². The molecule has 114 valence electrons. The second-order valence-corrected chi connectivity index (χ2v) is 4.85. The Hall–Kier alpha value is -3.26. The molecule has 0 atom stereocenters. The molecule has 5 heteroatoms. The van der Waals surface area contributed by atoms with Crippen molar-refractivity contribution >= 4 is 0 Å². The zero-order chi connectivity index (χ0) is 16.2. The summed E-state index contributed by atoms with van der Waals surface area (Å²) >= 11 is 0. The van der Waals surface area contributed by atoms with E-state index in [1.54, 1.807) is 26.5 Å². The van der Waals surface area contributed by atoms with E-state index in [4.69, 9.17) is 14.7 Å². The molecule has 0 aliphatic heterocycles. The number of aromatic nitrogens is 2. The molecule has 0 aliphatic rings. The Kier molecular flexibility index (Phi) is 3.98. The van der Waals surface area contributed by atoms with Gasteiger partial charge in [0.25, 0.3) is 0 Å². The summed E-state index contributed by atoms with van der Waals surface area (Å²) in [5.74, 6) is 2.08. The molecule has 0 amide bonds. The van der Waals surface area contributed by atoms with E-state index < -0.39 is 0 Å². The minimum atomic E-state index is 0.601. The van der Waals surface area contributed by atoms with Crippen molar-refractivity contribution in [1.29, 1.82) is 5.26 Å². The van der Waals surface area contributed by atoms with Crippen molar-refractivity contribution in [3.05, 3.63) is 60.4 Å². The van der Waals surface area contributed by atoms with Crippen molar-refractivity contribution in [1.82, 2.24) is 9.55 Å². The fraction of sp³-hybridized carbons (Fsp3) is 0.111. The minimum Gasteiger partial charge on any atom is -0.493 e. The number of rotatable bonds is 4. The molecule has 23 heavy (non-hydrogen) atoms.